The van der Waals surface area contributed by atoms with Gasteiger partial charge in [0, 0.05) is 11.6 Å². The second-order valence-electron chi connectivity index (χ2n) is 8.32. The summed E-state index contributed by atoms with van der Waals surface area (Å²) in [6.45, 7) is 6.00. The number of hydrogen-bond acceptors (Lipinski definition) is 4. The van der Waals surface area contributed by atoms with Crippen LogP contribution >= 0.6 is 0 Å². The second-order valence-corrected chi connectivity index (χ2v) is 8.32. The number of hydrogen-bond donors (Lipinski definition) is 1. The molecule has 1 saturated carbocycles. The molecule has 0 spiro atoms. The molecule has 7 nitrogen and oxygen atoms in total. The molecule has 7 heteroatoms. The molecule has 1 aliphatic carbocycles. The van der Waals surface area contributed by atoms with Crippen LogP contribution in [-0.2, 0) is 17.8 Å². The lowest BCUT2D eigenvalue weighted by molar-refractivity contribution is -0.123. The Kier molecular flexibility index (Phi) is 5.70. The Morgan fingerprint density at radius 3 is 2.60 bits per heavy atom. The zero-order valence-electron chi connectivity index (χ0n) is 17.9. The number of benzene rings is 1. The number of fused-ring (bicyclic) bond motifs is 1. The monoisotopic (exact) mass is 407 g/mol. The molecule has 3 aromatic rings. The molecule has 2 aromatic heterocycles. The van der Waals surface area contributed by atoms with Gasteiger partial charge in [-0.2, -0.15) is 10.2 Å². The van der Waals surface area contributed by atoms with Gasteiger partial charge in [-0.25, -0.2) is 9.20 Å². The molecular weight excluding hydrogens is 378 g/mol. The second kappa shape index (κ2) is 8.42. The van der Waals surface area contributed by atoms with E-state index in [4.69, 9.17) is 0 Å². The van der Waals surface area contributed by atoms with E-state index >= 15 is 0 Å². The standard InChI is InChI=1S/C23H29N5O2/c1-4-17-9-11-18(12-10-17)20-13-21-23(30)27(25-16(3)28(21)26-20)14-22(29)24-19-8-6-5-7-15(19)2/h9-13,15,19H,4-8,14H2,1-3H3,(H,24,29)/t15-,19+/m0/s1. The summed E-state index contributed by atoms with van der Waals surface area (Å²) in [6.07, 6.45) is 5.45. The van der Waals surface area contributed by atoms with Gasteiger partial charge >= 0.3 is 0 Å². The molecule has 1 amide bonds. The van der Waals surface area contributed by atoms with Crippen molar-refractivity contribution in [1.29, 1.82) is 0 Å². The molecule has 1 N–H and O–H groups in total. The Morgan fingerprint density at radius 2 is 1.90 bits per heavy atom. The van der Waals surface area contributed by atoms with Crippen LogP contribution in [0.25, 0.3) is 16.8 Å². The summed E-state index contributed by atoms with van der Waals surface area (Å²) < 4.78 is 2.81. The van der Waals surface area contributed by atoms with Crippen LogP contribution in [-0.4, -0.2) is 31.3 Å². The van der Waals surface area contributed by atoms with Crippen LogP contribution in [0.2, 0.25) is 0 Å². The van der Waals surface area contributed by atoms with Crippen molar-refractivity contribution in [1.82, 2.24) is 24.7 Å². The van der Waals surface area contributed by atoms with Gasteiger partial charge in [-0.15, -0.1) is 0 Å². The summed E-state index contributed by atoms with van der Waals surface area (Å²) >= 11 is 0. The van der Waals surface area contributed by atoms with Gasteiger partial charge in [-0.3, -0.25) is 9.59 Å². The van der Waals surface area contributed by atoms with Crippen LogP contribution < -0.4 is 10.9 Å². The van der Waals surface area contributed by atoms with Crippen molar-refractivity contribution in [3.63, 3.8) is 0 Å². The molecule has 2 heterocycles. The minimum atomic E-state index is -0.309. The van der Waals surface area contributed by atoms with Gasteiger partial charge in [-0.05, 0) is 43.7 Å². The minimum Gasteiger partial charge on any atom is -0.351 e. The lowest BCUT2D eigenvalue weighted by atomic mass is 9.86. The van der Waals surface area contributed by atoms with E-state index < -0.39 is 0 Å². The third-order valence-electron chi connectivity index (χ3n) is 6.14. The summed E-state index contributed by atoms with van der Waals surface area (Å²) in [4.78, 5) is 25.6. The van der Waals surface area contributed by atoms with E-state index in [0.29, 0.717) is 17.3 Å². The predicted octanol–water partition coefficient (Wildman–Crippen LogP) is 3.12. The van der Waals surface area contributed by atoms with Crippen molar-refractivity contribution < 1.29 is 4.79 Å². The normalized spacial score (nSPS) is 19.2. The summed E-state index contributed by atoms with van der Waals surface area (Å²) in [5, 5.41) is 12.0. The van der Waals surface area contributed by atoms with E-state index in [-0.39, 0.29) is 24.1 Å². The maximum atomic E-state index is 13.0. The average Bonchev–Trinajstić information content (AvgIpc) is 3.20. The van der Waals surface area contributed by atoms with Gasteiger partial charge in [0.2, 0.25) is 5.91 Å². The smallest absolute Gasteiger partial charge is 0.293 e. The highest BCUT2D eigenvalue weighted by molar-refractivity contribution is 5.76. The zero-order chi connectivity index (χ0) is 21.3. The van der Waals surface area contributed by atoms with Crippen molar-refractivity contribution >= 4 is 11.4 Å². The highest BCUT2D eigenvalue weighted by Crippen LogP contribution is 2.23. The highest BCUT2D eigenvalue weighted by atomic mass is 16.2. The van der Waals surface area contributed by atoms with E-state index in [2.05, 4.69) is 41.5 Å². The Morgan fingerprint density at radius 1 is 1.17 bits per heavy atom. The van der Waals surface area contributed by atoms with Crippen LogP contribution in [0, 0.1) is 12.8 Å². The number of aromatic nitrogens is 4. The number of nitrogens with one attached hydrogen (secondary N) is 1. The number of nitrogens with zero attached hydrogens (tertiary/aromatic N) is 4. The SMILES string of the molecule is CCc1ccc(-c2cc3c(=O)n(CC(=O)N[C@@H]4CCCC[C@@H]4C)nc(C)n3n2)cc1. The van der Waals surface area contributed by atoms with Crippen LogP contribution in [0.3, 0.4) is 0 Å². The largest absolute Gasteiger partial charge is 0.351 e. The molecule has 2 atom stereocenters. The van der Waals surface area contributed by atoms with Gasteiger partial charge in [-0.1, -0.05) is 51.0 Å². The molecule has 1 aliphatic rings. The maximum absolute atomic E-state index is 13.0. The van der Waals surface area contributed by atoms with Crippen molar-refractivity contribution in [3.05, 3.63) is 52.1 Å². The van der Waals surface area contributed by atoms with Crippen LogP contribution in [0.15, 0.2) is 35.1 Å². The summed E-state index contributed by atoms with van der Waals surface area (Å²) in [6, 6.07) is 10.1. The number of carbonyl (C=O) groups excluding carboxylic acids is 1. The van der Waals surface area contributed by atoms with Gasteiger partial charge < -0.3 is 5.32 Å². The summed E-state index contributed by atoms with van der Waals surface area (Å²) in [7, 11) is 0. The maximum Gasteiger partial charge on any atom is 0.293 e. The van der Waals surface area contributed by atoms with Crippen LogP contribution in [0.5, 0.6) is 0 Å². The van der Waals surface area contributed by atoms with Gasteiger partial charge in [0.05, 0.1) is 5.69 Å². The zero-order valence-corrected chi connectivity index (χ0v) is 17.9. The fraction of sp³-hybridized carbons (Fsp3) is 0.478. The van der Waals surface area contributed by atoms with Gasteiger partial charge in [0.25, 0.3) is 5.56 Å². The number of rotatable bonds is 5. The van der Waals surface area contributed by atoms with E-state index in [1.54, 1.807) is 17.5 Å². The Labute approximate surface area is 176 Å². The first-order valence-electron chi connectivity index (χ1n) is 10.8. The molecule has 0 aliphatic heterocycles. The van der Waals surface area contributed by atoms with Crippen molar-refractivity contribution in [2.45, 2.75) is 65.5 Å². The third kappa shape index (κ3) is 4.01. The first kappa shape index (κ1) is 20.3. The van der Waals surface area contributed by atoms with E-state index in [0.717, 1.165) is 36.9 Å². The Bertz CT molecular complexity index is 1110. The first-order chi connectivity index (χ1) is 14.5. The number of aryl methyl sites for hydroxylation is 2. The van der Waals surface area contributed by atoms with E-state index in [9.17, 15) is 9.59 Å². The van der Waals surface area contributed by atoms with Gasteiger partial charge in [0.15, 0.2) is 0 Å². The summed E-state index contributed by atoms with van der Waals surface area (Å²) in [5.74, 6) is 0.870. The lowest BCUT2D eigenvalue weighted by Crippen LogP contribution is -2.44. The molecule has 0 saturated heterocycles. The van der Waals surface area contributed by atoms with E-state index in [1.165, 1.54) is 16.7 Å². The molecule has 30 heavy (non-hydrogen) atoms. The van der Waals surface area contributed by atoms with Gasteiger partial charge in [0.1, 0.15) is 17.9 Å². The fourth-order valence-electron chi connectivity index (χ4n) is 4.25. The molecule has 4 rings (SSSR count). The molecule has 0 radical (unpaired) electrons. The number of amides is 1. The molecule has 1 fully saturated rings. The average molecular weight is 408 g/mol. The molecule has 0 bridgehead atoms. The minimum absolute atomic E-state index is 0.0783. The molecular formula is C23H29N5O2. The predicted molar refractivity (Wildman–Crippen MR) is 116 cm³/mol. The Hall–Kier alpha value is -2.96. The van der Waals surface area contributed by atoms with Crippen molar-refractivity contribution in [2.75, 3.05) is 0 Å². The van der Waals surface area contributed by atoms with Crippen LogP contribution in [0.4, 0.5) is 0 Å². The van der Waals surface area contributed by atoms with Crippen LogP contribution in [0.1, 0.15) is 50.9 Å². The first-order valence-corrected chi connectivity index (χ1v) is 10.8. The lowest BCUT2D eigenvalue weighted by Gasteiger charge is -2.29. The quantitative estimate of drug-likeness (QED) is 0.705. The van der Waals surface area contributed by atoms with E-state index in [1.807, 2.05) is 12.1 Å². The molecule has 158 valence electrons. The molecule has 0 unspecified atom stereocenters. The summed E-state index contributed by atoms with van der Waals surface area (Å²) in [5.41, 5.74) is 3.04. The van der Waals surface area contributed by atoms with Crippen molar-refractivity contribution in [3.8, 4) is 11.3 Å². The fourth-order valence-corrected chi connectivity index (χ4v) is 4.25. The number of carbonyl (C=O) groups is 1. The Balaban J connectivity index is 1.59. The van der Waals surface area contributed by atoms with Crippen molar-refractivity contribution in [2.24, 2.45) is 5.92 Å². The molecule has 1 aromatic carbocycles. The highest BCUT2D eigenvalue weighted by Gasteiger charge is 2.23. The third-order valence-corrected chi connectivity index (χ3v) is 6.14. The topological polar surface area (TPSA) is 81.3 Å².